The largest absolute Gasteiger partial charge is 0.370 e. The van der Waals surface area contributed by atoms with Gasteiger partial charge in [0.2, 0.25) is 11.8 Å². The summed E-state index contributed by atoms with van der Waals surface area (Å²) in [6.07, 6.45) is -0.154. The molecule has 2 aromatic rings. The van der Waals surface area contributed by atoms with E-state index in [1.807, 2.05) is 35.8 Å². The van der Waals surface area contributed by atoms with E-state index in [2.05, 4.69) is 10.3 Å². The molecule has 2 amide bonds. The second kappa shape index (κ2) is 6.36. The Labute approximate surface area is 122 Å². The van der Waals surface area contributed by atoms with Gasteiger partial charge in [0, 0.05) is 13.1 Å². The minimum atomic E-state index is -0.900. The number of aryl methyl sites for hydroxylation is 1. The molecule has 1 atom stereocenters. The highest BCUT2D eigenvalue weighted by Crippen LogP contribution is 2.14. The van der Waals surface area contributed by atoms with Crippen LogP contribution < -0.4 is 16.8 Å². The number of fused-ring (bicyclic) bond motifs is 1. The summed E-state index contributed by atoms with van der Waals surface area (Å²) >= 11 is 0. The Morgan fingerprint density at radius 1 is 1.38 bits per heavy atom. The standard InChI is InChI=1S/C14H19N5O2/c1-9-18-11-4-2-3-5-12(11)19(9)7-6-17-14(21)10(15)8-13(16)20/h2-5,10H,6-8,15H2,1H3,(H2,16,20)(H,17,21). The number of carbonyl (C=O) groups excluding carboxylic acids is 2. The van der Waals surface area contributed by atoms with Gasteiger partial charge in [-0.3, -0.25) is 9.59 Å². The van der Waals surface area contributed by atoms with E-state index >= 15 is 0 Å². The first-order valence-corrected chi connectivity index (χ1v) is 6.72. The summed E-state index contributed by atoms with van der Waals surface area (Å²) in [7, 11) is 0. The molecule has 1 aromatic heterocycles. The number of para-hydroxylation sites is 2. The third-order valence-corrected chi connectivity index (χ3v) is 3.24. The lowest BCUT2D eigenvalue weighted by Crippen LogP contribution is -2.43. The Hall–Kier alpha value is -2.41. The van der Waals surface area contributed by atoms with E-state index in [4.69, 9.17) is 11.5 Å². The maximum Gasteiger partial charge on any atom is 0.237 e. The zero-order valence-corrected chi connectivity index (χ0v) is 11.9. The summed E-state index contributed by atoms with van der Waals surface area (Å²) in [6.45, 7) is 2.91. The fourth-order valence-electron chi connectivity index (χ4n) is 2.21. The quantitative estimate of drug-likeness (QED) is 0.674. The number of imidazole rings is 1. The van der Waals surface area contributed by atoms with Gasteiger partial charge in [0.1, 0.15) is 5.82 Å². The van der Waals surface area contributed by atoms with Crippen molar-refractivity contribution in [2.75, 3.05) is 6.54 Å². The summed E-state index contributed by atoms with van der Waals surface area (Å²) in [5, 5.41) is 2.70. The van der Waals surface area contributed by atoms with Gasteiger partial charge in [0.15, 0.2) is 0 Å². The zero-order chi connectivity index (χ0) is 15.4. The first-order valence-electron chi connectivity index (χ1n) is 6.72. The molecule has 0 aliphatic rings. The molecular weight excluding hydrogens is 270 g/mol. The zero-order valence-electron chi connectivity index (χ0n) is 11.9. The SMILES string of the molecule is Cc1nc2ccccc2n1CCNC(=O)C(N)CC(N)=O. The van der Waals surface area contributed by atoms with E-state index in [9.17, 15) is 9.59 Å². The van der Waals surface area contributed by atoms with Crippen LogP contribution in [0.25, 0.3) is 11.0 Å². The minimum absolute atomic E-state index is 0.154. The van der Waals surface area contributed by atoms with Gasteiger partial charge < -0.3 is 21.4 Å². The first kappa shape index (κ1) is 15.0. The van der Waals surface area contributed by atoms with Crippen molar-refractivity contribution in [1.29, 1.82) is 0 Å². The maximum absolute atomic E-state index is 11.7. The van der Waals surface area contributed by atoms with Crippen molar-refractivity contribution < 1.29 is 9.59 Å². The van der Waals surface area contributed by atoms with Crippen LogP contribution in [0.5, 0.6) is 0 Å². The van der Waals surface area contributed by atoms with Crippen LogP contribution in [0.15, 0.2) is 24.3 Å². The molecular formula is C14H19N5O2. The smallest absolute Gasteiger partial charge is 0.237 e. The molecule has 112 valence electrons. The highest BCUT2D eigenvalue weighted by molar-refractivity contribution is 5.87. The molecule has 1 aromatic carbocycles. The number of nitrogens with zero attached hydrogens (tertiary/aromatic N) is 2. The molecule has 5 N–H and O–H groups in total. The molecule has 0 saturated heterocycles. The fourth-order valence-corrected chi connectivity index (χ4v) is 2.21. The Morgan fingerprint density at radius 3 is 2.81 bits per heavy atom. The number of nitrogens with two attached hydrogens (primary N) is 2. The second-order valence-electron chi connectivity index (χ2n) is 4.87. The van der Waals surface area contributed by atoms with Crippen molar-refractivity contribution in [1.82, 2.24) is 14.9 Å². The summed E-state index contributed by atoms with van der Waals surface area (Å²) < 4.78 is 2.02. The summed E-state index contributed by atoms with van der Waals surface area (Å²) in [5.74, 6) is -0.0862. The predicted octanol–water partition coefficient (Wildman–Crippen LogP) is -0.336. The summed E-state index contributed by atoms with van der Waals surface area (Å²) in [4.78, 5) is 26.9. The molecule has 7 heteroatoms. The van der Waals surface area contributed by atoms with E-state index in [-0.39, 0.29) is 12.3 Å². The normalized spacial score (nSPS) is 12.3. The van der Waals surface area contributed by atoms with Gasteiger partial charge in [0.25, 0.3) is 0 Å². The number of carbonyl (C=O) groups is 2. The van der Waals surface area contributed by atoms with E-state index in [1.165, 1.54) is 0 Å². The topological polar surface area (TPSA) is 116 Å². The lowest BCUT2D eigenvalue weighted by Gasteiger charge is -2.12. The van der Waals surface area contributed by atoms with Crippen molar-refractivity contribution in [3.8, 4) is 0 Å². The third kappa shape index (κ3) is 3.57. The molecule has 7 nitrogen and oxygen atoms in total. The molecule has 1 heterocycles. The van der Waals surface area contributed by atoms with Crippen LogP contribution in [0.4, 0.5) is 0 Å². The number of aromatic nitrogens is 2. The molecule has 0 saturated carbocycles. The Bertz CT molecular complexity index is 664. The number of rotatable bonds is 6. The van der Waals surface area contributed by atoms with Crippen molar-refractivity contribution in [3.05, 3.63) is 30.1 Å². The van der Waals surface area contributed by atoms with Gasteiger partial charge in [-0.2, -0.15) is 0 Å². The van der Waals surface area contributed by atoms with Crippen molar-refractivity contribution >= 4 is 22.8 Å². The molecule has 0 radical (unpaired) electrons. The molecule has 21 heavy (non-hydrogen) atoms. The van der Waals surface area contributed by atoms with E-state index in [1.54, 1.807) is 0 Å². The molecule has 2 rings (SSSR count). The fraction of sp³-hybridized carbons (Fsp3) is 0.357. The Balaban J connectivity index is 1.95. The van der Waals surface area contributed by atoms with E-state index in [0.29, 0.717) is 13.1 Å². The van der Waals surface area contributed by atoms with Crippen LogP contribution in [0.2, 0.25) is 0 Å². The Morgan fingerprint density at radius 2 is 2.10 bits per heavy atom. The van der Waals surface area contributed by atoms with Crippen molar-refractivity contribution in [2.45, 2.75) is 25.9 Å². The number of benzene rings is 1. The van der Waals surface area contributed by atoms with Gasteiger partial charge in [0.05, 0.1) is 23.5 Å². The van der Waals surface area contributed by atoms with Gasteiger partial charge in [-0.25, -0.2) is 4.98 Å². The van der Waals surface area contributed by atoms with Gasteiger partial charge >= 0.3 is 0 Å². The van der Waals surface area contributed by atoms with Crippen molar-refractivity contribution in [2.24, 2.45) is 11.5 Å². The average Bonchev–Trinajstić information content (AvgIpc) is 2.74. The first-order chi connectivity index (χ1) is 9.99. The Kier molecular flexibility index (Phi) is 4.54. The highest BCUT2D eigenvalue weighted by Gasteiger charge is 2.15. The van der Waals surface area contributed by atoms with Crippen LogP contribution in [-0.4, -0.2) is 34.0 Å². The molecule has 0 aliphatic heterocycles. The minimum Gasteiger partial charge on any atom is -0.370 e. The summed E-state index contributed by atoms with van der Waals surface area (Å²) in [6, 6.07) is 6.91. The molecule has 0 bridgehead atoms. The highest BCUT2D eigenvalue weighted by atomic mass is 16.2. The monoisotopic (exact) mass is 289 g/mol. The van der Waals surface area contributed by atoms with E-state index < -0.39 is 11.9 Å². The number of nitrogens with one attached hydrogen (secondary N) is 1. The number of hydrogen-bond donors (Lipinski definition) is 3. The van der Waals surface area contributed by atoms with Crippen LogP contribution >= 0.6 is 0 Å². The lowest BCUT2D eigenvalue weighted by atomic mass is 10.2. The van der Waals surface area contributed by atoms with Gasteiger partial charge in [-0.05, 0) is 19.1 Å². The maximum atomic E-state index is 11.7. The molecule has 1 unspecified atom stereocenters. The predicted molar refractivity (Wildman–Crippen MR) is 79.3 cm³/mol. The second-order valence-corrected chi connectivity index (χ2v) is 4.87. The van der Waals surface area contributed by atoms with Crippen LogP contribution in [0, 0.1) is 6.92 Å². The number of primary amides is 1. The molecule has 0 fully saturated rings. The van der Waals surface area contributed by atoms with Crippen LogP contribution in [0.1, 0.15) is 12.2 Å². The lowest BCUT2D eigenvalue weighted by molar-refractivity contribution is -0.126. The van der Waals surface area contributed by atoms with Crippen LogP contribution in [-0.2, 0) is 16.1 Å². The van der Waals surface area contributed by atoms with Gasteiger partial charge in [-0.1, -0.05) is 12.1 Å². The average molecular weight is 289 g/mol. The molecule has 0 aliphatic carbocycles. The number of hydrogen-bond acceptors (Lipinski definition) is 4. The number of amides is 2. The third-order valence-electron chi connectivity index (χ3n) is 3.24. The molecule has 0 spiro atoms. The van der Waals surface area contributed by atoms with Crippen LogP contribution in [0.3, 0.4) is 0 Å². The van der Waals surface area contributed by atoms with Gasteiger partial charge in [-0.15, -0.1) is 0 Å². The summed E-state index contributed by atoms with van der Waals surface area (Å²) in [5.41, 5.74) is 12.5. The van der Waals surface area contributed by atoms with Crippen molar-refractivity contribution in [3.63, 3.8) is 0 Å². The van der Waals surface area contributed by atoms with E-state index in [0.717, 1.165) is 16.9 Å².